The van der Waals surface area contributed by atoms with Gasteiger partial charge in [0.1, 0.15) is 6.10 Å². The van der Waals surface area contributed by atoms with Gasteiger partial charge in [0.2, 0.25) is 5.88 Å². The molecule has 0 amide bonds. The van der Waals surface area contributed by atoms with Crippen LogP contribution in [-0.4, -0.2) is 68.5 Å². The molecule has 1 aromatic rings. The summed E-state index contributed by atoms with van der Waals surface area (Å²) in [6, 6.07) is 4.05. The first kappa shape index (κ1) is 21.8. The third-order valence-electron chi connectivity index (χ3n) is 5.51. The molecule has 7 nitrogen and oxygen atoms in total. The van der Waals surface area contributed by atoms with Crippen molar-refractivity contribution in [2.75, 3.05) is 46.6 Å². The molecule has 1 saturated carbocycles. The van der Waals surface area contributed by atoms with Crippen molar-refractivity contribution in [2.24, 2.45) is 10.9 Å². The van der Waals surface area contributed by atoms with Crippen LogP contribution in [0.2, 0.25) is 0 Å². The Labute approximate surface area is 174 Å². The molecule has 1 aliphatic heterocycles. The smallest absolute Gasteiger partial charge is 0.213 e. The molecule has 1 N–H and O–H groups in total. The van der Waals surface area contributed by atoms with E-state index in [0.717, 1.165) is 62.9 Å². The van der Waals surface area contributed by atoms with Crippen molar-refractivity contribution in [1.82, 2.24) is 15.2 Å². The first-order valence-corrected chi connectivity index (χ1v) is 11.0. The molecule has 1 aromatic heterocycles. The number of aromatic nitrogens is 1. The zero-order valence-corrected chi connectivity index (χ0v) is 17.9. The number of nitrogens with one attached hydrogen (secondary N) is 1. The largest absolute Gasteiger partial charge is 0.474 e. The van der Waals surface area contributed by atoms with Crippen molar-refractivity contribution in [3.8, 4) is 5.88 Å². The molecule has 2 aliphatic rings. The third kappa shape index (κ3) is 7.16. The van der Waals surface area contributed by atoms with E-state index in [-0.39, 0.29) is 0 Å². The summed E-state index contributed by atoms with van der Waals surface area (Å²) in [6.45, 7) is 7.67. The maximum absolute atomic E-state index is 6.03. The van der Waals surface area contributed by atoms with Crippen molar-refractivity contribution in [2.45, 2.75) is 51.7 Å². The molecule has 1 aliphatic carbocycles. The minimum absolute atomic E-state index is 0.325. The number of hydrogen-bond acceptors (Lipinski definition) is 5. The van der Waals surface area contributed by atoms with Crippen LogP contribution in [0.1, 0.15) is 44.6 Å². The Bertz CT molecular complexity index is 634. The second-order valence-electron chi connectivity index (χ2n) is 7.87. The second kappa shape index (κ2) is 12.0. The molecule has 1 unspecified atom stereocenters. The van der Waals surface area contributed by atoms with Crippen molar-refractivity contribution < 1.29 is 14.2 Å². The molecular weight excluding hydrogens is 368 g/mol. The van der Waals surface area contributed by atoms with Crippen LogP contribution in [0.25, 0.3) is 0 Å². The molecule has 0 bridgehead atoms. The predicted molar refractivity (Wildman–Crippen MR) is 114 cm³/mol. The van der Waals surface area contributed by atoms with E-state index in [0.29, 0.717) is 31.8 Å². The van der Waals surface area contributed by atoms with Gasteiger partial charge in [-0.25, -0.2) is 9.98 Å². The number of guanidine groups is 1. The zero-order valence-electron chi connectivity index (χ0n) is 17.9. The van der Waals surface area contributed by atoms with E-state index in [2.05, 4.69) is 22.1 Å². The Morgan fingerprint density at radius 1 is 1.28 bits per heavy atom. The number of methoxy groups -OCH3 is 1. The average Bonchev–Trinajstić information content (AvgIpc) is 3.41. The highest BCUT2D eigenvalue weighted by Crippen LogP contribution is 2.23. The number of ether oxygens (including phenoxy) is 3. The van der Waals surface area contributed by atoms with E-state index in [9.17, 15) is 0 Å². The van der Waals surface area contributed by atoms with E-state index in [1.54, 1.807) is 7.11 Å². The minimum Gasteiger partial charge on any atom is -0.474 e. The Kier molecular flexibility index (Phi) is 9.02. The van der Waals surface area contributed by atoms with Crippen LogP contribution in [0.15, 0.2) is 23.3 Å². The van der Waals surface area contributed by atoms with Crippen LogP contribution in [0.4, 0.5) is 0 Å². The Morgan fingerprint density at radius 2 is 2.14 bits per heavy atom. The topological polar surface area (TPSA) is 68.2 Å². The summed E-state index contributed by atoms with van der Waals surface area (Å²) in [7, 11) is 1.70. The van der Waals surface area contributed by atoms with Gasteiger partial charge in [-0.3, -0.25) is 0 Å². The molecular formula is C22H36N4O3. The van der Waals surface area contributed by atoms with E-state index < -0.39 is 0 Å². The molecule has 7 heteroatoms. The monoisotopic (exact) mass is 404 g/mol. The summed E-state index contributed by atoms with van der Waals surface area (Å²) >= 11 is 0. The number of likely N-dealkylation sites (tertiary alicyclic amines) is 1. The highest BCUT2D eigenvalue weighted by Gasteiger charge is 2.25. The lowest BCUT2D eigenvalue weighted by Crippen LogP contribution is -2.40. The van der Waals surface area contributed by atoms with Crippen molar-refractivity contribution >= 4 is 5.96 Å². The summed E-state index contributed by atoms with van der Waals surface area (Å²) in [5.41, 5.74) is 1.13. The maximum Gasteiger partial charge on any atom is 0.213 e. The fraction of sp³-hybridized carbons (Fsp3) is 0.727. The minimum atomic E-state index is 0.325. The Hall–Kier alpha value is -1.86. The van der Waals surface area contributed by atoms with E-state index in [1.807, 2.05) is 18.3 Å². The van der Waals surface area contributed by atoms with E-state index in [1.165, 1.54) is 12.8 Å². The van der Waals surface area contributed by atoms with Crippen LogP contribution in [-0.2, 0) is 16.0 Å². The van der Waals surface area contributed by atoms with Gasteiger partial charge in [-0.2, -0.15) is 0 Å². The maximum atomic E-state index is 6.03. The first-order valence-electron chi connectivity index (χ1n) is 11.0. The molecule has 2 heterocycles. The van der Waals surface area contributed by atoms with Crippen LogP contribution >= 0.6 is 0 Å². The van der Waals surface area contributed by atoms with Crippen LogP contribution in [0, 0.1) is 5.92 Å². The lowest BCUT2D eigenvalue weighted by molar-refractivity contribution is 0.0536. The standard InChI is InChI=1S/C22H36N4O3/c1-3-23-22(26-11-9-19(16-26)17-28-13-12-27-2)25-15-18-8-10-24-21(14-18)29-20-6-4-5-7-20/h8,10,14,19-20H,3-7,9,11-13,15-17H2,1-2H3,(H,23,25). The summed E-state index contributed by atoms with van der Waals surface area (Å²) in [6.07, 6.45) is 8.08. The number of aliphatic imine (C=N–C) groups is 1. The van der Waals surface area contributed by atoms with Gasteiger partial charge in [-0.15, -0.1) is 0 Å². The average molecular weight is 405 g/mol. The molecule has 1 atom stereocenters. The van der Waals surface area contributed by atoms with Gasteiger partial charge in [0.05, 0.1) is 26.4 Å². The van der Waals surface area contributed by atoms with Gasteiger partial charge in [-0.05, 0) is 50.7 Å². The zero-order chi connectivity index (χ0) is 20.3. The first-order chi connectivity index (χ1) is 14.3. The van der Waals surface area contributed by atoms with Gasteiger partial charge in [0.25, 0.3) is 0 Å². The molecule has 29 heavy (non-hydrogen) atoms. The van der Waals surface area contributed by atoms with Gasteiger partial charge in [0, 0.05) is 44.9 Å². The van der Waals surface area contributed by atoms with Crippen molar-refractivity contribution in [3.63, 3.8) is 0 Å². The molecule has 162 valence electrons. The molecule has 0 radical (unpaired) electrons. The van der Waals surface area contributed by atoms with E-state index in [4.69, 9.17) is 19.2 Å². The lowest BCUT2D eigenvalue weighted by atomic mass is 10.1. The van der Waals surface area contributed by atoms with Gasteiger partial charge in [-0.1, -0.05) is 0 Å². The highest BCUT2D eigenvalue weighted by atomic mass is 16.5. The number of pyridine rings is 1. The summed E-state index contributed by atoms with van der Waals surface area (Å²) in [4.78, 5) is 11.6. The van der Waals surface area contributed by atoms with Crippen molar-refractivity contribution in [1.29, 1.82) is 0 Å². The van der Waals surface area contributed by atoms with Crippen LogP contribution in [0.3, 0.4) is 0 Å². The second-order valence-corrected chi connectivity index (χ2v) is 7.87. The SMILES string of the molecule is CCNC(=NCc1ccnc(OC2CCCC2)c1)N1CCC(COCCOC)C1. The fourth-order valence-corrected chi connectivity index (χ4v) is 3.94. The number of nitrogens with zero attached hydrogens (tertiary/aromatic N) is 3. The molecule has 2 fully saturated rings. The fourth-order valence-electron chi connectivity index (χ4n) is 3.94. The molecule has 0 spiro atoms. The van der Waals surface area contributed by atoms with Crippen LogP contribution in [0.5, 0.6) is 5.88 Å². The molecule has 3 rings (SSSR count). The van der Waals surface area contributed by atoms with Crippen molar-refractivity contribution in [3.05, 3.63) is 23.9 Å². The normalized spacial score (nSPS) is 20.4. The summed E-state index contributed by atoms with van der Waals surface area (Å²) in [5, 5.41) is 3.43. The van der Waals surface area contributed by atoms with Crippen LogP contribution < -0.4 is 10.1 Å². The lowest BCUT2D eigenvalue weighted by Gasteiger charge is -2.21. The third-order valence-corrected chi connectivity index (χ3v) is 5.51. The summed E-state index contributed by atoms with van der Waals surface area (Å²) < 4.78 is 16.8. The Balaban J connectivity index is 1.52. The molecule has 1 saturated heterocycles. The van der Waals surface area contributed by atoms with Gasteiger partial charge in [0.15, 0.2) is 5.96 Å². The van der Waals surface area contributed by atoms with Gasteiger partial charge < -0.3 is 24.4 Å². The predicted octanol–water partition coefficient (Wildman–Crippen LogP) is 2.85. The molecule has 0 aromatic carbocycles. The quantitative estimate of drug-likeness (QED) is 0.367. The Morgan fingerprint density at radius 3 is 2.93 bits per heavy atom. The van der Waals surface area contributed by atoms with Gasteiger partial charge >= 0.3 is 0 Å². The number of hydrogen-bond donors (Lipinski definition) is 1. The summed E-state index contributed by atoms with van der Waals surface area (Å²) in [5.74, 6) is 2.24. The van der Waals surface area contributed by atoms with E-state index >= 15 is 0 Å². The highest BCUT2D eigenvalue weighted by molar-refractivity contribution is 5.80. The number of rotatable bonds is 10.